The van der Waals surface area contributed by atoms with E-state index in [1.165, 1.54) is 0 Å². The average molecular weight is 283 g/mol. The molecule has 0 bridgehead atoms. The smallest absolute Gasteiger partial charge is 0.191 e. The molecule has 108 valence electrons. The second-order valence-corrected chi connectivity index (χ2v) is 5.52. The number of rotatable bonds is 8. The topological polar surface area (TPSA) is 44.3 Å². The Morgan fingerprint density at radius 2 is 1.95 bits per heavy atom. The van der Waals surface area contributed by atoms with Crippen molar-refractivity contribution in [1.82, 2.24) is 14.9 Å². The summed E-state index contributed by atoms with van der Waals surface area (Å²) in [5.41, 5.74) is 0. The largest absolute Gasteiger partial charge is 0.370 e. The molecule has 0 unspecified atom stereocenters. The second-order valence-electron chi connectivity index (χ2n) is 4.75. The predicted molar refractivity (Wildman–Crippen MR) is 84.4 cm³/mol. The Balaban J connectivity index is 2.79. The Kier molecular flexibility index (Phi) is 6.94. The number of nitrogens with one attached hydrogen (secondary N) is 1. The third kappa shape index (κ3) is 5.65. The summed E-state index contributed by atoms with van der Waals surface area (Å²) in [5.74, 6) is 1.88. The minimum absolute atomic E-state index is 0.813. The molecule has 0 aliphatic heterocycles. The van der Waals surface area contributed by atoms with Crippen molar-refractivity contribution in [3.05, 3.63) is 6.07 Å². The molecule has 0 aliphatic rings. The minimum Gasteiger partial charge on any atom is -0.370 e. The van der Waals surface area contributed by atoms with Crippen LogP contribution in [0.15, 0.2) is 11.2 Å². The molecule has 0 saturated carbocycles. The van der Waals surface area contributed by atoms with Crippen LogP contribution in [0.1, 0.15) is 13.3 Å². The van der Waals surface area contributed by atoms with Gasteiger partial charge in [0, 0.05) is 32.7 Å². The molecule has 1 aromatic rings. The Bertz CT molecular complexity index is 383. The van der Waals surface area contributed by atoms with E-state index in [1.807, 2.05) is 12.3 Å². The first kappa shape index (κ1) is 16.0. The lowest BCUT2D eigenvalue weighted by atomic mass is 10.4. The van der Waals surface area contributed by atoms with Crippen LogP contribution in [0.25, 0.3) is 0 Å². The van der Waals surface area contributed by atoms with Crippen molar-refractivity contribution in [1.29, 1.82) is 0 Å². The average Bonchev–Trinajstić information content (AvgIpc) is 2.41. The van der Waals surface area contributed by atoms with Crippen molar-refractivity contribution < 1.29 is 0 Å². The van der Waals surface area contributed by atoms with Gasteiger partial charge in [0.15, 0.2) is 5.16 Å². The van der Waals surface area contributed by atoms with E-state index < -0.39 is 0 Å². The van der Waals surface area contributed by atoms with E-state index in [0.717, 1.165) is 42.8 Å². The van der Waals surface area contributed by atoms with Crippen molar-refractivity contribution >= 4 is 23.4 Å². The number of likely N-dealkylation sites (N-methyl/N-ethyl adjacent to an activating group) is 2. The van der Waals surface area contributed by atoms with Gasteiger partial charge in [-0.05, 0) is 26.8 Å². The second kappa shape index (κ2) is 8.22. The summed E-state index contributed by atoms with van der Waals surface area (Å²) < 4.78 is 0. The van der Waals surface area contributed by atoms with Gasteiger partial charge in [0.25, 0.3) is 0 Å². The van der Waals surface area contributed by atoms with Crippen LogP contribution in [-0.2, 0) is 0 Å². The molecule has 1 rings (SSSR count). The van der Waals surface area contributed by atoms with Crippen molar-refractivity contribution in [2.75, 3.05) is 57.2 Å². The summed E-state index contributed by atoms with van der Waals surface area (Å²) in [5, 5.41) is 4.14. The van der Waals surface area contributed by atoms with Crippen molar-refractivity contribution in [2.45, 2.75) is 18.5 Å². The zero-order valence-electron chi connectivity index (χ0n) is 12.6. The fourth-order valence-corrected chi connectivity index (χ4v) is 1.88. The normalized spacial score (nSPS) is 10.8. The van der Waals surface area contributed by atoms with Crippen LogP contribution in [0.3, 0.4) is 0 Å². The zero-order chi connectivity index (χ0) is 14.3. The van der Waals surface area contributed by atoms with E-state index >= 15 is 0 Å². The highest BCUT2D eigenvalue weighted by molar-refractivity contribution is 7.98. The molecule has 0 spiro atoms. The van der Waals surface area contributed by atoms with E-state index in [1.54, 1.807) is 11.8 Å². The van der Waals surface area contributed by atoms with Gasteiger partial charge < -0.3 is 15.1 Å². The number of anilines is 2. The van der Waals surface area contributed by atoms with Gasteiger partial charge in [-0.2, -0.15) is 0 Å². The number of thioether (sulfide) groups is 1. The molecule has 6 heteroatoms. The number of hydrogen-bond acceptors (Lipinski definition) is 6. The van der Waals surface area contributed by atoms with E-state index in [4.69, 9.17) is 0 Å². The standard InChI is InChI=1S/C13H25N5S/c1-6-7-14-11-10-12(16-13(15-11)19-5)18(4)9-8-17(2)3/h10H,6-9H2,1-5H3,(H,14,15,16). The molecule has 0 aromatic carbocycles. The van der Waals surface area contributed by atoms with E-state index in [9.17, 15) is 0 Å². The SMILES string of the molecule is CCCNc1cc(N(C)CCN(C)C)nc(SC)n1. The molecular formula is C13H25N5S. The summed E-state index contributed by atoms with van der Waals surface area (Å²) in [4.78, 5) is 13.4. The molecule has 0 saturated heterocycles. The molecule has 5 nitrogen and oxygen atoms in total. The highest BCUT2D eigenvalue weighted by Crippen LogP contribution is 2.19. The third-order valence-corrected chi connectivity index (χ3v) is 3.25. The lowest BCUT2D eigenvalue weighted by Crippen LogP contribution is -2.29. The fraction of sp³-hybridized carbons (Fsp3) is 0.692. The first-order chi connectivity index (χ1) is 9.06. The van der Waals surface area contributed by atoms with Gasteiger partial charge in [0.1, 0.15) is 11.6 Å². The minimum atomic E-state index is 0.813. The summed E-state index contributed by atoms with van der Waals surface area (Å²) in [7, 11) is 6.23. The molecule has 0 atom stereocenters. The molecule has 1 aromatic heterocycles. The Labute approximate surface area is 120 Å². The summed E-state index contributed by atoms with van der Waals surface area (Å²) in [6.45, 7) is 5.04. The van der Waals surface area contributed by atoms with Gasteiger partial charge in [0.05, 0.1) is 0 Å². The molecular weight excluding hydrogens is 258 g/mol. The van der Waals surface area contributed by atoms with E-state index in [2.05, 4.69) is 53.2 Å². The molecule has 0 amide bonds. The van der Waals surface area contributed by atoms with Gasteiger partial charge in [-0.25, -0.2) is 9.97 Å². The maximum absolute atomic E-state index is 4.56. The summed E-state index contributed by atoms with van der Waals surface area (Å²) >= 11 is 1.57. The van der Waals surface area contributed by atoms with Crippen LogP contribution in [0, 0.1) is 0 Å². The highest BCUT2D eigenvalue weighted by Gasteiger charge is 2.08. The molecule has 1 heterocycles. The van der Waals surface area contributed by atoms with Gasteiger partial charge in [-0.3, -0.25) is 0 Å². The maximum Gasteiger partial charge on any atom is 0.191 e. The molecule has 1 N–H and O–H groups in total. The monoisotopic (exact) mass is 283 g/mol. The molecule has 19 heavy (non-hydrogen) atoms. The Morgan fingerprint density at radius 3 is 2.53 bits per heavy atom. The first-order valence-corrected chi connectivity index (χ1v) is 7.82. The third-order valence-electron chi connectivity index (χ3n) is 2.70. The zero-order valence-corrected chi connectivity index (χ0v) is 13.4. The van der Waals surface area contributed by atoms with Gasteiger partial charge in [-0.15, -0.1) is 0 Å². The summed E-state index contributed by atoms with van der Waals surface area (Å²) in [6.07, 6.45) is 3.09. The van der Waals surface area contributed by atoms with Crippen LogP contribution in [0.4, 0.5) is 11.6 Å². The van der Waals surface area contributed by atoms with Crippen molar-refractivity contribution in [3.63, 3.8) is 0 Å². The number of aromatic nitrogens is 2. The quantitative estimate of drug-likeness (QED) is 0.582. The lowest BCUT2D eigenvalue weighted by molar-refractivity contribution is 0.416. The van der Waals surface area contributed by atoms with Gasteiger partial charge in [-0.1, -0.05) is 18.7 Å². The van der Waals surface area contributed by atoms with Crippen LogP contribution in [0.2, 0.25) is 0 Å². The lowest BCUT2D eigenvalue weighted by Gasteiger charge is -2.21. The predicted octanol–water partition coefficient (Wildman–Crippen LogP) is 2.02. The number of hydrogen-bond donors (Lipinski definition) is 1. The number of nitrogens with zero attached hydrogens (tertiary/aromatic N) is 4. The van der Waals surface area contributed by atoms with Crippen LogP contribution < -0.4 is 10.2 Å². The summed E-state index contributed by atoms with van der Waals surface area (Å²) in [6, 6.07) is 2.02. The van der Waals surface area contributed by atoms with Gasteiger partial charge >= 0.3 is 0 Å². The van der Waals surface area contributed by atoms with E-state index in [0.29, 0.717) is 0 Å². The van der Waals surface area contributed by atoms with Crippen molar-refractivity contribution in [2.24, 2.45) is 0 Å². The van der Waals surface area contributed by atoms with Gasteiger partial charge in [0.2, 0.25) is 0 Å². The van der Waals surface area contributed by atoms with Crippen LogP contribution in [-0.4, -0.2) is 61.9 Å². The Hall–Kier alpha value is -1.01. The molecule has 0 fully saturated rings. The highest BCUT2D eigenvalue weighted by atomic mass is 32.2. The van der Waals surface area contributed by atoms with Crippen molar-refractivity contribution in [3.8, 4) is 0 Å². The molecule has 0 radical (unpaired) electrons. The fourth-order valence-electron chi connectivity index (χ4n) is 1.51. The van der Waals surface area contributed by atoms with Crippen LogP contribution >= 0.6 is 11.8 Å². The Morgan fingerprint density at radius 1 is 1.21 bits per heavy atom. The van der Waals surface area contributed by atoms with E-state index in [-0.39, 0.29) is 0 Å². The van der Waals surface area contributed by atoms with Crippen LogP contribution in [0.5, 0.6) is 0 Å². The maximum atomic E-state index is 4.56. The first-order valence-electron chi connectivity index (χ1n) is 6.59. The molecule has 0 aliphatic carbocycles.